The third-order valence-electron chi connectivity index (χ3n) is 3.58. The maximum Gasteiger partial charge on any atom is 0.310 e. The Morgan fingerprint density at radius 3 is 2.57 bits per heavy atom. The van der Waals surface area contributed by atoms with Gasteiger partial charge in [0.05, 0.1) is 5.92 Å². The summed E-state index contributed by atoms with van der Waals surface area (Å²) in [5, 5.41) is 9.19. The van der Waals surface area contributed by atoms with Gasteiger partial charge in [-0.25, -0.2) is 4.98 Å². The van der Waals surface area contributed by atoms with Crippen LogP contribution in [0.15, 0.2) is 46.9 Å². The number of carbonyl (C=O) groups is 1. The van der Waals surface area contributed by atoms with Crippen molar-refractivity contribution in [1.82, 2.24) is 4.98 Å². The molecule has 3 aromatic rings. The van der Waals surface area contributed by atoms with E-state index in [0.717, 1.165) is 11.1 Å². The number of aliphatic carboxylic acids is 1. The molecule has 4 heteroatoms. The molecular weight excluding hydrogens is 266 g/mol. The van der Waals surface area contributed by atoms with Gasteiger partial charge < -0.3 is 9.52 Å². The summed E-state index contributed by atoms with van der Waals surface area (Å²) in [4.78, 5) is 15.7. The Bertz CT molecular complexity index is 803. The maximum absolute atomic E-state index is 11.2. The van der Waals surface area contributed by atoms with Crippen molar-refractivity contribution in [3.63, 3.8) is 0 Å². The molecule has 1 unspecified atom stereocenters. The van der Waals surface area contributed by atoms with Gasteiger partial charge >= 0.3 is 5.97 Å². The fourth-order valence-electron chi connectivity index (χ4n) is 2.26. The minimum absolute atomic E-state index is 0.509. The highest BCUT2D eigenvalue weighted by Gasteiger charge is 2.20. The van der Waals surface area contributed by atoms with E-state index < -0.39 is 11.9 Å². The molecule has 0 spiro atoms. The number of fused-ring (bicyclic) bond motifs is 1. The van der Waals surface area contributed by atoms with E-state index in [0.29, 0.717) is 22.6 Å². The number of carboxylic acid groups (broad SMARTS) is 1. The van der Waals surface area contributed by atoms with Crippen LogP contribution in [0.2, 0.25) is 0 Å². The van der Waals surface area contributed by atoms with Crippen molar-refractivity contribution in [2.75, 3.05) is 0 Å². The van der Waals surface area contributed by atoms with E-state index in [-0.39, 0.29) is 0 Å². The molecule has 1 aromatic heterocycles. The van der Waals surface area contributed by atoms with Crippen molar-refractivity contribution in [2.24, 2.45) is 0 Å². The zero-order chi connectivity index (χ0) is 15.0. The molecule has 0 aliphatic heterocycles. The van der Waals surface area contributed by atoms with Crippen LogP contribution in [0.1, 0.15) is 24.0 Å². The zero-order valence-electron chi connectivity index (χ0n) is 11.8. The molecular formula is C17H15NO3. The highest BCUT2D eigenvalue weighted by molar-refractivity contribution is 5.86. The largest absolute Gasteiger partial charge is 0.481 e. The van der Waals surface area contributed by atoms with Crippen LogP contribution >= 0.6 is 0 Å². The Balaban J connectivity index is 2.14. The first-order valence-corrected chi connectivity index (χ1v) is 6.75. The number of para-hydroxylation sites is 1. The number of benzene rings is 2. The maximum atomic E-state index is 11.2. The summed E-state index contributed by atoms with van der Waals surface area (Å²) in [5.74, 6) is -1.00. The Morgan fingerprint density at radius 1 is 1.19 bits per heavy atom. The van der Waals surface area contributed by atoms with Crippen LogP contribution in [-0.4, -0.2) is 16.1 Å². The molecule has 0 aliphatic rings. The highest BCUT2D eigenvalue weighted by atomic mass is 16.4. The average Bonchev–Trinajstić information content (AvgIpc) is 2.90. The number of rotatable bonds is 3. The van der Waals surface area contributed by atoms with Crippen molar-refractivity contribution >= 4 is 17.1 Å². The first-order valence-electron chi connectivity index (χ1n) is 6.75. The molecule has 1 atom stereocenters. The second-order valence-electron chi connectivity index (χ2n) is 5.14. The number of hydrogen-bond acceptors (Lipinski definition) is 3. The lowest BCUT2D eigenvalue weighted by Gasteiger charge is -2.05. The van der Waals surface area contributed by atoms with Crippen LogP contribution in [0.5, 0.6) is 0 Å². The van der Waals surface area contributed by atoms with E-state index in [2.05, 4.69) is 4.98 Å². The van der Waals surface area contributed by atoms with Gasteiger partial charge in [-0.2, -0.15) is 0 Å². The molecule has 1 N–H and O–H groups in total. The number of carboxylic acids is 1. The molecule has 0 bridgehead atoms. The highest BCUT2D eigenvalue weighted by Crippen LogP contribution is 2.30. The minimum Gasteiger partial charge on any atom is -0.481 e. The predicted molar refractivity (Wildman–Crippen MR) is 80.2 cm³/mol. The van der Waals surface area contributed by atoms with Gasteiger partial charge in [0.25, 0.3) is 0 Å². The molecule has 0 amide bonds. The van der Waals surface area contributed by atoms with E-state index in [1.54, 1.807) is 19.1 Å². The van der Waals surface area contributed by atoms with Gasteiger partial charge in [0.15, 0.2) is 5.58 Å². The van der Waals surface area contributed by atoms with E-state index in [1.165, 1.54) is 0 Å². The predicted octanol–water partition coefficient (Wildman–Crippen LogP) is 3.99. The van der Waals surface area contributed by atoms with Crippen molar-refractivity contribution in [1.29, 1.82) is 0 Å². The van der Waals surface area contributed by atoms with E-state index in [9.17, 15) is 9.90 Å². The number of nitrogens with zero attached hydrogens (tertiary/aromatic N) is 1. The Hall–Kier alpha value is -2.62. The second kappa shape index (κ2) is 5.05. The van der Waals surface area contributed by atoms with Gasteiger partial charge in [0.2, 0.25) is 5.89 Å². The summed E-state index contributed by atoms with van der Waals surface area (Å²) >= 11 is 0. The van der Waals surface area contributed by atoms with Crippen LogP contribution in [-0.2, 0) is 4.79 Å². The molecule has 4 nitrogen and oxygen atoms in total. The van der Waals surface area contributed by atoms with Gasteiger partial charge in [0, 0.05) is 11.1 Å². The summed E-state index contributed by atoms with van der Waals surface area (Å²) in [7, 11) is 0. The Labute approximate surface area is 122 Å². The lowest BCUT2D eigenvalue weighted by atomic mass is 10.0. The topological polar surface area (TPSA) is 63.3 Å². The third kappa shape index (κ3) is 2.40. The fourth-order valence-corrected chi connectivity index (χ4v) is 2.26. The molecule has 21 heavy (non-hydrogen) atoms. The number of aromatic nitrogens is 1. The number of hydrogen-bond donors (Lipinski definition) is 1. The molecule has 0 saturated carbocycles. The van der Waals surface area contributed by atoms with Crippen LogP contribution < -0.4 is 0 Å². The summed E-state index contributed by atoms with van der Waals surface area (Å²) in [6, 6.07) is 13.3. The minimum atomic E-state index is -0.879. The molecule has 0 saturated heterocycles. The fraction of sp³-hybridized carbons (Fsp3) is 0.176. The zero-order valence-corrected chi connectivity index (χ0v) is 11.8. The first kappa shape index (κ1) is 13.4. The molecule has 2 aromatic carbocycles. The molecule has 0 fully saturated rings. The van der Waals surface area contributed by atoms with Gasteiger partial charge in [-0.15, -0.1) is 0 Å². The first-order chi connectivity index (χ1) is 10.1. The molecule has 1 heterocycles. The van der Waals surface area contributed by atoms with Gasteiger partial charge in [0.1, 0.15) is 5.52 Å². The SMILES string of the molecule is Cc1ccc(-c2nc3cccc(C(C)C(=O)O)c3o2)cc1. The summed E-state index contributed by atoms with van der Waals surface area (Å²) in [5.41, 5.74) is 3.91. The third-order valence-corrected chi connectivity index (χ3v) is 3.58. The second-order valence-corrected chi connectivity index (χ2v) is 5.14. The lowest BCUT2D eigenvalue weighted by Crippen LogP contribution is -2.07. The van der Waals surface area contributed by atoms with E-state index in [4.69, 9.17) is 4.42 Å². The standard InChI is InChI=1S/C17H15NO3/c1-10-6-8-12(9-7-10)16-18-14-5-3-4-13(15(14)21-16)11(2)17(19)20/h3-9,11H,1-2H3,(H,19,20). The number of oxazole rings is 1. The van der Waals surface area contributed by atoms with Crippen LogP contribution in [0.25, 0.3) is 22.6 Å². The lowest BCUT2D eigenvalue weighted by molar-refractivity contribution is -0.138. The van der Waals surface area contributed by atoms with E-state index >= 15 is 0 Å². The van der Waals surface area contributed by atoms with Gasteiger partial charge in [-0.1, -0.05) is 29.8 Å². The monoisotopic (exact) mass is 281 g/mol. The molecule has 0 aliphatic carbocycles. The Kier molecular flexibility index (Phi) is 3.22. The Morgan fingerprint density at radius 2 is 1.90 bits per heavy atom. The average molecular weight is 281 g/mol. The molecule has 3 rings (SSSR count). The van der Waals surface area contributed by atoms with Gasteiger partial charge in [-0.3, -0.25) is 4.79 Å². The van der Waals surface area contributed by atoms with Crippen molar-refractivity contribution in [2.45, 2.75) is 19.8 Å². The summed E-state index contributed by atoms with van der Waals surface area (Å²) < 4.78 is 5.82. The normalized spacial score (nSPS) is 12.5. The van der Waals surface area contributed by atoms with Crippen LogP contribution in [0.3, 0.4) is 0 Å². The van der Waals surface area contributed by atoms with Crippen LogP contribution in [0, 0.1) is 6.92 Å². The van der Waals surface area contributed by atoms with Crippen molar-refractivity contribution < 1.29 is 14.3 Å². The smallest absolute Gasteiger partial charge is 0.310 e. The summed E-state index contributed by atoms with van der Waals surface area (Å²) in [6.07, 6.45) is 0. The van der Waals surface area contributed by atoms with Crippen molar-refractivity contribution in [3.05, 3.63) is 53.6 Å². The molecule has 0 radical (unpaired) electrons. The number of aryl methyl sites for hydroxylation is 1. The van der Waals surface area contributed by atoms with Gasteiger partial charge in [-0.05, 0) is 32.0 Å². The van der Waals surface area contributed by atoms with Crippen LogP contribution in [0.4, 0.5) is 0 Å². The quantitative estimate of drug-likeness (QED) is 0.788. The summed E-state index contributed by atoms with van der Waals surface area (Å²) in [6.45, 7) is 3.66. The van der Waals surface area contributed by atoms with E-state index in [1.807, 2.05) is 37.3 Å². The van der Waals surface area contributed by atoms with Crippen molar-refractivity contribution in [3.8, 4) is 11.5 Å². The molecule has 106 valence electrons.